The quantitative estimate of drug-likeness (QED) is 0.701. The van der Waals surface area contributed by atoms with Crippen LogP contribution in [-0.2, 0) is 4.79 Å². The van der Waals surface area contributed by atoms with Gasteiger partial charge in [0, 0.05) is 19.7 Å². The summed E-state index contributed by atoms with van der Waals surface area (Å²) in [7, 11) is 0. The molecule has 0 aliphatic carbocycles. The van der Waals surface area contributed by atoms with E-state index in [2.05, 4.69) is 10.3 Å². The summed E-state index contributed by atoms with van der Waals surface area (Å²) in [5.74, 6) is -0.246. The van der Waals surface area contributed by atoms with Gasteiger partial charge in [-0.2, -0.15) is 0 Å². The largest absolute Gasteiger partial charge is 0.388 e. The molecule has 0 spiro atoms. The minimum atomic E-state index is -1.09. The lowest BCUT2D eigenvalue weighted by Crippen LogP contribution is -2.34. The van der Waals surface area contributed by atoms with Crippen molar-refractivity contribution < 1.29 is 15.0 Å². The first-order chi connectivity index (χ1) is 7.91. The fourth-order valence-corrected chi connectivity index (χ4v) is 1.58. The van der Waals surface area contributed by atoms with Gasteiger partial charge >= 0.3 is 0 Å². The van der Waals surface area contributed by atoms with Crippen LogP contribution in [0.25, 0.3) is 0 Å². The van der Waals surface area contributed by atoms with E-state index >= 15 is 0 Å². The Balaban J connectivity index is 2.74. The Kier molecular flexibility index (Phi) is 4.60. The van der Waals surface area contributed by atoms with Gasteiger partial charge in [-0.25, -0.2) is 0 Å². The second-order valence-corrected chi connectivity index (χ2v) is 4.16. The molecule has 5 nitrogen and oxygen atoms in total. The fraction of sp³-hybridized carbons (Fsp3) is 0.500. The van der Waals surface area contributed by atoms with Gasteiger partial charge in [0.25, 0.3) is 0 Å². The zero-order valence-corrected chi connectivity index (χ0v) is 10.3. The summed E-state index contributed by atoms with van der Waals surface area (Å²) >= 11 is 0. The fourth-order valence-electron chi connectivity index (χ4n) is 1.58. The number of hydrogen-bond donors (Lipinski definition) is 3. The maximum absolute atomic E-state index is 10.7. The predicted octanol–water partition coefficient (Wildman–Crippen LogP) is 0.229. The molecule has 1 rings (SSSR count). The number of carbonyl (C=O) groups is 1. The van der Waals surface area contributed by atoms with Crippen LogP contribution in [0.1, 0.15) is 29.8 Å². The molecule has 1 aromatic heterocycles. The molecule has 5 heteroatoms. The lowest BCUT2D eigenvalue weighted by atomic mass is 10.0. The van der Waals surface area contributed by atoms with Gasteiger partial charge in [0.1, 0.15) is 12.2 Å². The number of pyridine rings is 1. The first-order valence-corrected chi connectivity index (χ1v) is 5.45. The van der Waals surface area contributed by atoms with E-state index in [1.54, 1.807) is 6.20 Å². The van der Waals surface area contributed by atoms with Crippen LogP contribution in [0, 0.1) is 13.8 Å². The first-order valence-electron chi connectivity index (χ1n) is 5.45. The first kappa shape index (κ1) is 13.6. The molecule has 0 saturated heterocycles. The maximum Gasteiger partial charge on any atom is 0.216 e. The smallest absolute Gasteiger partial charge is 0.216 e. The Hall–Kier alpha value is -1.46. The van der Waals surface area contributed by atoms with Crippen molar-refractivity contribution in [2.45, 2.75) is 33.0 Å². The van der Waals surface area contributed by atoms with Gasteiger partial charge in [-0.3, -0.25) is 9.78 Å². The number of nitrogens with zero attached hydrogens (tertiary/aromatic N) is 1. The van der Waals surface area contributed by atoms with Crippen LogP contribution >= 0.6 is 0 Å². The van der Waals surface area contributed by atoms with Crippen molar-refractivity contribution in [1.82, 2.24) is 10.3 Å². The molecular weight excluding hydrogens is 220 g/mol. The van der Waals surface area contributed by atoms with Gasteiger partial charge < -0.3 is 15.5 Å². The standard InChI is InChI=1S/C12H18N2O3/c1-7-4-8(2)11(14-5-7)12(17)10(16)6-13-9(3)15/h4-5,10,12,16-17H,6H2,1-3H3,(H,13,15). The highest BCUT2D eigenvalue weighted by atomic mass is 16.3. The van der Waals surface area contributed by atoms with E-state index in [9.17, 15) is 15.0 Å². The van der Waals surface area contributed by atoms with Crippen LogP contribution in [0.5, 0.6) is 0 Å². The van der Waals surface area contributed by atoms with E-state index in [-0.39, 0.29) is 12.5 Å². The molecule has 94 valence electrons. The number of rotatable bonds is 4. The molecule has 0 aliphatic heterocycles. The SMILES string of the molecule is CC(=O)NCC(O)C(O)c1ncc(C)cc1C. The Morgan fingerprint density at radius 3 is 2.65 bits per heavy atom. The van der Waals surface area contributed by atoms with E-state index in [4.69, 9.17) is 0 Å². The normalized spacial score (nSPS) is 14.2. The van der Waals surface area contributed by atoms with Crippen molar-refractivity contribution in [2.75, 3.05) is 6.54 Å². The van der Waals surface area contributed by atoms with Crippen LogP contribution in [0.3, 0.4) is 0 Å². The molecule has 0 radical (unpaired) electrons. The summed E-state index contributed by atoms with van der Waals surface area (Å²) in [6.07, 6.45) is -0.522. The Morgan fingerprint density at radius 1 is 1.47 bits per heavy atom. The van der Waals surface area contributed by atoms with Crippen molar-refractivity contribution in [3.05, 3.63) is 29.1 Å². The van der Waals surface area contributed by atoms with Crippen molar-refractivity contribution in [1.29, 1.82) is 0 Å². The number of carbonyl (C=O) groups excluding carboxylic acids is 1. The van der Waals surface area contributed by atoms with Gasteiger partial charge in [0.2, 0.25) is 5.91 Å². The van der Waals surface area contributed by atoms with E-state index < -0.39 is 12.2 Å². The molecule has 0 bridgehead atoms. The summed E-state index contributed by atoms with van der Waals surface area (Å²) in [4.78, 5) is 14.8. The van der Waals surface area contributed by atoms with Crippen molar-refractivity contribution in [3.63, 3.8) is 0 Å². The van der Waals surface area contributed by atoms with Crippen molar-refractivity contribution in [3.8, 4) is 0 Å². The number of aryl methyl sites for hydroxylation is 2. The van der Waals surface area contributed by atoms with E-state index in [1.807, 2.05) is 19.9 Å². The van der Waals surface area contributed by atoms with E-state index in [0.717, 1.165) is 11.1 Å². The molecular formula is C12H18N2O3. The Morgan fingerprint density at radius 2 is 2.12 bits per heavy atom. The third-order valence-corrected chi connectivity index (χ3v) is 2.46. The van der Waals surface area contributed by atoms with Gasteiger partial charge in [0.15, 0.2) is 0 Å². The average molecular weight is 238 g/mol. The molecule has 17 heavy (non-hydrogen) atoms. The maximum atomic E-state index is 10.7. The van der Waals surface area contributed by atoms with Crippen LogP contribution < -0.4 is 5.32 Å². The molecule has 1 amide bonds. The van der Waals surface area contributed by atoms with Crippen LogP contribution in [-0.4, -0.2) is 33.8 Å². The number of nitrogens with one attached hydrogen (secondary N) is 1. The molecule has 0 fully saturated rings. The Labute approximate surface area is 101 Å². The van der Waals surface area contributed by atoms with Crippen molar-refractivity contribution >= 4 is 5.91 Å². The lowest BCUT2D eigenvalue weighted by molar-refractivity contribution is -0.119. The minimum Gasteiger partial charge on any atom is -0.388 e. The van der Waals surface area contributed by atoms with Crippen LogP contribution in [0.4, 0.5) is 0 Å². The van der Waals surface area contributed by atoms with Gasteiger partial charge in [-0.15, -0.1) is 0 Å². The molecule has 2 unspecified atom stereocenters. The molecule has 0 aliphatic rings. The molecule has 0 saturated carbocycles. The number of aliphatic hydroxyl groups excluding tert-OH is 2. The van der Waals surface area contributed by atoms with Crippen LogP contribution in [0.2, 0.25) is 0 Å². The molecule has 1 aromatic rings. The summed E-state index contributed by atoms with van der Waals surface area (Å²) in [5.41, 5.74) is 2.25. The number of hydrogen-bond acceptors (Lipinski definition) is 4. The third-order valence-electron chi connectivity index (χ3n) is 2.46. The summed E-state index contributed by atoms with van der Waals surface area (Å²) in [6.45, 7) is 5.09. The van der Waals surface area contributed by atoms with Gasteiger partial charge in [-0.1, -0.05) is 6.07 Å². The lowest BCUT2D eigenvalue weighted by Gasteiger charge is -2.19. The molecule has 2 atom stereocenters. The second kappa shape index (κ2) is 5.75. The molecule has 1 heterocycles. The topological polar surface area (TPSA) is 82.5 Å². The number of aliphatic hydroxyl groups is 2. The van der Waals surface area contributed by atoms with Crippen LogP contribution in [0.15, 0.2) is 12.3 Å². The number of amides is 1. The highest BCUT2D eigenvalue weighted by Gasteiger charge is 2.21. The third kappa shape index (κ3) is 3.80. The van der Waals surface area contributed by atoms with E-state index in [1.165, 1.54) is 6.92 Å². The number of aromatic nitrogens is 1. The van der Waals surface area contributed by atoms with Gasteiger partial charge in [0.05, 0.1) is 5.69 Å². The zero-order chi connectivity index (χ0) is 13.0. The van der Waals surface area contributed by atoms with E-state index in [0.29, 0.717) is 5.69 Å². The second-order valence-electron chi connectivity index (χ2n) is 4.16. The monoisotopic (exact) mass is 238 g/mol. The average Bonchev–Trinajstić information content (AvgIpc) is 2.25. The molecule has 3 N–H and O–H groups in total. The summed E-state index contributed by atoms with van der Waals surface area (Å²) in [5, 5.41) is 22.1. The highest BCUT2D eigenvalue weighted by molar-refractivity contribution is 5.72. The van der Waals surface area contributed by atoms with Gasteiger partial charge in [-0.05, 0) is 25.0 Å². The highest BCUT2D eigenvalue weighted by Crippen LogP contribution is 2.18. The summed E-state index contributed by atoms with van der Waals surface area (Å²) < 4.78 is 0. The minimum absolute atomic E-state index is 0.00545. The zero-order valence-electron chi connectivity index (χ0n) is 10.3. The molecule has 0 aromatic carbocycles. The predicted molar refractivity (Wildman–Crippen MR) is 63.4 cm³/mol. The van der Waals surface area contributed by atoms with Crippen molar-refractivity contribution in [2.24, 2.45) is 0 Å². The Bertz CT molecular complexity index is 407. The summed E-state index contributed by atoms with van der Waals surface area (Å²) in [6, 6.07) is 1.89.